The number of pyridine rings is 1. The summed E-state index contributed by atoms with van der Waals surface area (Å²) in [6.45, 7) is 4.18. The van der Waals surface area contributed by atoms with Crippen molar-refractivity contribution in [3.63, 3.8) is 0 Å². The number of anilines is 1. The van der Waals surface area contributed by atoms with Crippen LogP contribution < -0.4 is 10.3 Å². The van der Waals surface area contributed by atoms with Gasteiger partial charge in [-0.15, -0.1) is 0 Å². The number of fused-ring (bicyclic) bond motifs is 4. The van der Waals surface area contributed by atoms with Crippen LogP contribution in [-0.4, -0.2) is 5.78 Å². The van der Waals surface area contributed by atoms with E-state index in [9.17, 15) is 9.18 Å². The third-order valence-corrected chi connectivity index (χ3v) is 5.90. The summed E-state index contributed by atoms with van der Waals surface area (Å²) in [5, 5.41) is 4.62. The average Bonchev–Trinajstić information content (AvgIpc) is 2.66. The number of ketones is 1. The summed E-state index contributed by atoms with van der Waals surface area (Å²) in [6, 6.07) is 14.8. The molecule has 0 radical (unpaired) electrons. The molecule has 5 rings (SSSR count). The van der Waals surface area contributed by atoms with E-state index in [0.717, 1.165) is 33.4 Å². The Morgan fingerprint density at radius 1 is 1.07 bits per heavy atom. The monoisotopic (exact) mass is 373 g/mol. The number of H-pyrrole nitrogens is 1. The van der Waals surface area contributed by atoms with E-state index in [1.807, 2.05) is 24.4 Å². The van der Waals surface area contributed by atoms with Crippen molar-refractivity contribution in [1.29, 1.82) is 0 Å². The van der Waals surface area contributed by atoms with E-state index in [4.69, 9.17) is 0 Å². The first-order valence-electron chi connectivity index (χ1n) is 9.64. The second kappa shape index (κ2) is 5.99. The van der Waals surface area contributed by atoms with Gasteiger partial charge in [0.15, 0.2) is 6.20 Å². The zero-order chi connectivity index (χ0) is 19.5. The highest BCUT2D eigenvalue weighted by Gasteiger charge is 2.44. The van der Waals surface area contributed by atoms with Crippen molar-refractivity contribution in [2.24, 2.45) is 11.3 Å². The van der Waals surface area contributed by atoms with E-state index in [-0.39, 0.29) is 28.9 Å². The van der Waals surface area contributed by atoms with Gasteiger partial charge in [0.2, 0.25) is 5.52 Å². The Balaban J connectivity index is 1.82. The van der Waals surface area contributed by atoms with Crippen LogP contribution in [0.4, 0.5) is 10.1 Å². The van der Waals surface area contributed by atoms with Crippen LogP contribution in [0.2, 0.25) is 0 Å². The summed E-state index contributed by atoms with van der Waals surface area (Å²) >= 11 is 0. The Morgan fingerprint density at radius 3 is 2.64 bits per heavy atom. The number of carbonyl (C=O) groups excluding carboxylic acids is 1. The zero-order valence-electron chi connectivity index (χ0n) is 15.9. The first-order valence-corrected chi connectivity index (χ1v) is 9.64. The number of carbonyl (C=O) groups is 1. The number of aromatic amines is 1. The molecule has 3 aromatic rings. The van der Waals surface area contributed by atoms with Crippen LogP contribution in [0.3, 0.4) is 0 Å². The maximum Gasteiger partial charge on any atom is 0.211 e. The second-order valence-electron chi connectivity index (χ2n) is 8.52. The number of allylic oxidation sites excluding steroid dienone is 2. The fourth-order valence-electron chi connectivity index (χ4n) is 4.79. The minimum Gasteiger partial charge on any atom is -0.358 e. The molecular formula is C24H22FN2O+. The fraction of sp³-hybridized carbons (Fsp3) is 0.250. The summed E-state index contributed by atoms with van der Waals surface area (Å²) in [6.07, 6.45) is 4.60. The number of rotatable bonds is 1. The summed E-state index contributed by atoms with van der Waals surface area (Å²) in [5.74, 6) is -0.467. The van der Waals surface area contributed by atoms with Crippen LogP contribution in [0.5, 0.6) is 0 Å². The lowest BCUT2D eigenvalue weighted by Gasteiger charge is -2.41. The molecule has 4 heteroatoms. The molecule has 2 aromatic carbocycles. The van der Waals surface area contributed by atoms with Gasteiger partial charge in [0.1, 0.15) is 11.6 Å². The van der Waals surface area contributed by atoms with E-state index in [0.29, 0.717) is 6.42 Å². The smallest absolute Gasteiger partial charge is 0.211 e. The molecule has 0 saturated heterocycles. The van der Waals surface area contributed by atoms with E-state index in [1.165, 1.54) is 12.1 Å². The molecule has 0 spiro atoms. The number of aromatic nitrogens is 1. The molecule has 1 aliphatic heterocycles. The molecule has 0 saturated carbocycles. The maximum absolute atomic E-state index is 13.6. The Labute approximate surface area is 163 Å². The summed E-state index contributed by atoms with van der Waals surface area (Å²) in [4.78, 5) is 16.6. The summed E-state index contributed by atoms with van der Waals surface area (Å²) in [5.41, 5.74) is 4.87. The SMILES string of the molecule is CC1(C)C=C2Nc3ccc4[nH+]cccc4c3C(c3ccc(F)cc3)C2C(=O)C1. The van der Waals surface area contributed by atoms with E-state index >= 15 is 0 Å². The van der Waals surface area contributed by atoms with Crippen LogP contribution in [0.1, 0.15) is 37.3 Å². The predicted molar refractivity (Wildman–Crippen MR) is 107 cm³/mol. The molecular weight excluding hydrogens is 351 g/mol. The standard InChI is InChI=1S/C24H21FN2O/c1-24(2)12-19-23(20(28)13-24)21(14-5-7-15(25)8-6-14)22-16-4-3-11-26-17(16)9-10-18(22)27-19/h3-12,21,23,27H,13H2,1-2H3/p+1. The molecule has 2 N–H and O–H groups in total. The molecule has 0 amide bonds. The Bertz CT molecular complexity index is 1130. The lowest BCUT2D eigenvalue weighted by Crippen LogP contribution is -2.39. The van der Waals surface area contributed by atoms with Crippen LogP contribution in [0, 0.1) is 17.2 Å². The van der Waals surface area contributed by atoms with Gasteiger partial charge in [-0.1, -0.05) is 32.1 Å². The van der Waals surface area contributed by atoms with Crippen molar-refractivity contribution >= 4 is 22.4 Å². The third kappa shape index (κ3) is 2.63. The van der Waals surface area contributed by atoms with Crippen LogP contribution in [0.15, 0.2) is 66.5 Å². The van der Waals surface area contributed by atoms with Gasteiger partial charge in [-0.2, -0.15) is 0 Å². The lowest BCUT2D eigenvalue weighted by atomic mass is 9.66. The molecule has 28 heavy (non-hydrogen) atoms. The fourth-order valence-corrected chi connectivity index (χ4v) is 4.79. The average molecular weight is 373 g/mol. The lowest BCUT2D eigenvalue weighted by molar-refractivity contribution is -0.344. The first-order chi connectivity index (χ1) is 13.4. The van der Waals surface area contributed by atoms with Crippen molar-refractivity contribution in [1.82, 2.24) is 0 Å². The molecule has 1 aliphatic carbocycles. The second-order valence-corrected chi connectivity index (χ2v) is 8.52. The number of hydrogen-bond acceptors (Lipinski definition) is 2. The van der Waals surface area contributed by atoms with E-state index in [2.05, 4.69) is 48.4 Å². The zero-order valence-corrected chi connectivity index (χ0v) is 15.9. The Morgan fingerprint density at radius 2 is 1.86 bits per heavy atom. The first kappa shape index (κ1) is 17.1. The van der Waals surface area contributed by atoms with Crippen LogP contribution in [0.25, 0.3) is 10.9 Å². The van der Waals surface area contributed by atoms with Crippen molar-refractivity contribution in [2.75, 3.05) is 5.32 Å². The molecule has 2 aliphatic rings. The van der Waals surface area contributed by atoms with Gasteiger partial charge in [0, 0.05) is 35.9 Å². The Hall–Kier alpha value is -3.01. The molecule has 1 aromatic heterocycles. The molecule has 2 unspecified atom stereocenters. The normalized spacial score (nSPS) is 22.8. The molecule has 0 bridgehead atoms. The van der Waals surface area contributed by atoms with Gasteiger partial charge < -0.3 is 5.32 Å². The highest BCUT2D eigenvalue weighted by Crippen LogP contribution is 2.50. The number of nitrogens with one attached hydrogen (secondary N) is 2. The van der Waals surface area contributed by atoms with E-state index < -0.39 is 0 Å². The number of Topliss-reactive ketones (excluding diaryl/α,β-unsaturated/α-hetero) is 1. The van der Waals surface area contributed by atoms with Crippen molar-refractivity contribution in [3.05, 3.63) is 83.4 Å². The number of benzene rings is 2. The van der Waals surface area contributed by atoms with Gasteiger partial charge in [0.05, 0.1) is 11.3 Å². The summed E-state index contributed by atoms with van der Waals surface area (Å²) in [7, 11) is 0. The highest BCUT2D eigenvalue weighted by molar-refractivity contribution is 5.95. The minimum absolute atomic E-state index is 0.147. The quantitative estimate of drug-likeness (QED) is 0.663. The van der Waals surface area contributed by atoms with Gasteiger partial charge in [-0.05, 0) is 40.8 Å². The highest BCUT2D eigenvalue weighted by atomic mass is 19.1. The van der Waals surface area contributed by atoms with Gasteiger partial charge in [-0.3, -0.25) is 4.79 Å². The molecule has 0 fully saturated rings. The van der Waals surface area contributed by atoms with Crippen molar-refractivity contribution in [2.45, 2.75) is 26.2 Å². The number of halogens is 1. The van der Waals surface area contributed by atoms with Crippen molar-refractivity contribution in [3.8, 4) is 0 Å². The van der Waals surface area contributed by atoms with E-state index in [1.54, 1.807) is 0 Å². The van der Waals surface area contributed by atoms with Gasteiger partial charge in [-0.25, -0.2) is 9.37 Å². The maximum atomic E-state index is 13.6. The number of hydrogen-bond donors (Lipinski definition) is 1. The minimum atomic E-state index is -0.281. The van der Waals surface area contributed by atoms with Gasteiger partial charge >= 0.3 is 0 Å². The molecule has 3 nitrogen and oxygen atoms in total. The van der Waals surface area contributed by atoms with Crippen molar-refractivity contribution < 1.29 is 14.2 Å². The predicted octanol–water partition coefficient (Wildman–Crippen LogP) is 4.85. The largest absolute Gasteiger partial charge is 0.358 e. The third-order valence-electron chi connectivity index (χ3n) is 5.90. The Kier molecular flexibility index (Phi) is 3.66. The molecule has 140 valence electrons. The van der Waals surface area contributed by atoms with Crippen LogP contribution in [-0.2, 0) is 4.79 Å². The molecule has 2 heterocycles. The summed E-state index contributed by atoms with van der Waals surface area (Å²) < 4.78 is 13.6. The molecule has 2 atom stereocenters. The van der Waals surface area contributed by atoms with Crippen LogP contribution >= 0.6 is 0 Å². The topological polar surface area (TPSA) is 43.2 Å². The van der Waals surface area contributed by atoms with Gasteiger partial charge in [0.25, 0.3) is 0 Å².